The summed E-state index contributed by atoms with van der Waals surface area (Å²) in [7, 11) is -3.64. The first-order valence-electron chi connectivity index (χ1n) is 7.53. The number of anilines is 1. The van der Waals surface area contributed by atoms with Gasteiger partial charge in [-0.3, -0.25) is 0 Å². The summed E-state index contributed by atoms with van der Waals surface area (Å²) in [4.78, 5) is 13.4. The summed E-state index contributed by atoms with van der Waals surface area (Å²) >= 11 is 0.823. The first-order valence-corrected chi connectivity index (χ1v) is 9.79. The highest BCUT2D eigenvalue weighted by atomic mass is 32.2. The van der Waals surface area contributed by atoms with Gasteiger partial charge in [0.2, 0.25) is 0 Å². The molecule has 1 aliphatic heterocycles. The number of piperazine rings is 1. The molecule has 8 heteroatoms. The van der Waals surface area contributed by atoms with Gasteiger partial charge in [0.25, 0.3) is 10.0 Å². The third-order valence-corrected chi connectivity index (χ3v) is 7.62. The highest BCUT2D eigenvalue weighted by Crippen LogP contribution is 2.29. The zero-order valence-corrected chi connectivity index (χ0v) is 14.8. The summed E-state index contributed by atoms with van der Waals surface area (Å²) in [6.07, 6.45) is 0. The van der Waals surface area contributed by atoms with E-state index < -0.39 is 16.0 Å². The Balaban J connectivity index is 1.75. The lowest BCUT2D eigenvalue weighted by atomic mass is 10.2. The van der Waals surface area contributed by atoms with Crippen molar-refractivity contribution in [1.29, 1.82) is 0 Å². The molecule has 0 unspecified atom stereocenters. The number of carboxylic acids is 1. The molecule has 24 heavy (non-hydrogen) atoms. The Morgan fingerprint density at radius 1 is 1.12 bits per heavy atom. The maximum atomic E-state index is 12.7. The minimum atomic E-state index is -3.64. The number of para-hydroxylation sites is 1. The number of sulfonamides is 1. The van der Waals surface area contributed by atoms with Gasteiger partial charge in [0.1, 0.15) is 9.09 Å². The molecule has 1 saturated heterocycles. The molecule has 1 N–H and O–H groups in total. The second-order valence-electron chi connectivity index (χ2n) is 5.61. The highest BCUT2D eigenvalue weighted by molar-refractivity contribution is 7.91. The lowest BCUT2D eigenvalue weighted by Crippen LogP contribution is -2.48. The van der Waals surface area contributed by atoms with E-state index in [2.05, 4.69) is 4.90 Å². The topological polar surface area (TPSA) is 77.9 Å². The van der Waals surface area contributed by atoms with Crippen LogP contribution in [0.1, 0.15) is 15.2 Å². The van der Waals surface area contributed by atoms with Crippen LogP contribution in [-0.2, 0) is 10.0 Å². The summed E-state index contributed by atoms with van der Waals surface area (Å²) in [5, 5.41) is 9.11. The molecule has 1 aliphatic rings. The quantitative estimate of drug-likeness (QED) is 0.898. The molecule has 0 bridgehead atoms. The molecule has 0 radical (unpaired) electrons. The van der Waals surface area contributed by atoms with Gasteiger partial charge in [0, 0.05) is 31.9 Å². The summed E-state index contributed by atoms with van der Waals surface area (Å²) in [6.45, 7) is 3.61. The number of aromatic carboxylic acids is 1. The van der Waals surface area contributed by atoms with E-state index in [1.54, 1.807) is 6.92 Å². The lowest BCUT2D eigenvalue weighted by molar-refractivity contribution is 0.0701. The lowest BCUT2D eigenvalue weighted by Gasteiger charge is -2.35. The smallest absolute Gasteiger partial charge is 0.346 e. The van der Waals surface area contributed by atoms with Crippen LogP contribution >= 0.6 is 11.3 Å². The molecule has 128 valence electrons. The van der Waals surface area contributed by atoms with Crippen molar-refractivity contribution in [2.45, 2.75) is 11.1 Å². The summed E-state index contributed by atoms with van der Waals surface area (Å²) < 4.78 is 27.0. The van der Waals surface area contributed by atoms with E-state index in [-0.39, 0.29) is 9.09 Å². The predicted molar refractivity (Wildman–Crippen MR) is 93.4 cm³/mol. The SMILES string of the molecule is Cc1cc(S(=O)(=O)N2CCN(c3ccccc3)CC2)sc1C(=O)O. The standard InChI is InChI=1S/C16H18N2O4S2/c1-12-11-14(23-15(12)16(19)20)24(21,22)18-9-7-17(8-10-18)13-5-3-2-4-6-13/h2-6,11H,7-10H2,1H3,(H,19,20). The van der Waals surface area contributed by atoms with Crippen molar-refractivity contribution in [3.8, 4) is 0 Å². The second-order valence-corrected chi connectivity index (χ2v) is 8.83. The average molecular weight is 366 g/mol. The van der Waals surface area contributed by atoms with Crippen LogP contribution in [0.4, 0.5) is 5.69 Å². The highest BCUT2D eigenvalue weighted by Gasteiger charge is 2.31. The molecule has 0 amide bonds. The van der Waals surface area contributed by atoms with Crippen LogP contribution in [0.3, 0.4) is 0 Å². The van der Waals surface area contributed by atoms with Crippen molar-refractivity contribution in [2.24, 2.45) is 0 Å². The third kappa shape index (κ3) is 3.17. The number of hydrogen-bond acceptors (Lipinski definition) is 5. The first-order chi connectivity index (χ1) is 11.4. The molecule has 1 aromatic heterocycles. The number of carboxylic acid groups (broad SMARTS) is 1. The van der Waals surface area contributed by atoms with Gasteiger partial charge in [-0.25, -0.2) is 13.2 Å². The van der Waals surface area contributed by atoms with Crippen LogP contribution in [0, 0.1) is 6.92 Å². The Labute approximate surface area is 145 Å². The molecule has 0 aliphatic carbocycles. The molecule has 1 fully saturated rings. The Morgan fingerprint density at radius 2 is 1.75 bits per heavy atom. The van der Waals surface area contributed by atoms with Gasteiger partial charge in [-0.1, -0.05) is 18.2 Å². The average Bonchev–Trinajstić information content (AvgIpc) is 2.99. The monoisotopic (exact) mass is 366 g/mol. The molecule has 0 saturated carbocycles. The zero-order valence-electron chi connectivity index (χ0n) is 13.2. The van der Waals surface area contributed by atoms with Gasteiger partial charge < -0.3 is 10.0 Å². The molecule has 1 aromatic carbocycles. The number of thiophene rings is 1. The molecule has 3 rings (SSSR count). The molecule has 2 aromatic rings. The van der Waals surface area contributed by atoms with E-state index in [9.17, 15) is 13.2 Å². The van der Waals surface area contributed by atoms with E-state index in [0.29, 0.717) is 31.7 Å². The summed E-state index contributed by atoms with van der Waals surface area (Å²) in [5.74, 6) is -1.09. The Morgan fingerprint density at radius 3 is 2.29 bits per heavy atom. The molecule has 0 atom stereocenters. The number of nitrogens with zero attached hydrogens (tertiary/aromatic N) is 2. The van der Waals surface area contributed by atoms with Crippen molar-refractivity contribution in [2.75, 3.05) is 31.1 Å². The predicted octanol–water partition coefficient (Wildman–Crippen LogP) is 2.27. The van der Waals surface area contributed by atoms with Crippen LogP contribution in [0.25, 0.3) is 0 Å². The van der Waals surface area contributed by atoms with Crippen LogP contribution < -0.4 is 4.90 Å². The molecule has 6 nitrogen and oxygen atoms in total. The van der Waals surface area contributed by atoms with E-state index in [4.69, 9.17) is 5.11 Å². The maximum absolute atomic E-state index is 12.7. The fraction of sp³-hybridized carbons (Fsp3) is 0.312. The van der Waals surface area contributed by atoms with Gasteiger partial charge in [0.15, 0.2) is 0 Å². The zero-order chi connectivity index (χ0) is 17.3. The van der Waals surface area contributed by atoms with E-state index >= 15 is 0 Å². The molecule has 2 heterocycles. The minimum Gasteiger partial charge on any atom is -0.477 e. The summed E-state index contributed by atoms with van der Waals surface area (Å²) in [6, 6.07) is 11.3. The summed E-state index contributed by atoms with van der Waals surface area (Å²) in [5.41, 5.74) is 1.56. The van der Waals surface area contributed by atoms with Crippen molar-refractivity contribution >= 4 is 33.0 Å². The van der Waals surface area contributed by atoms with Gasteiger partial charge >= 0.3 is 5.97 Å². The van der Waals surface area contributed by atoms with E-state index in [1.807, 2.05) is 30.3 Å². The molecular weight excluding hydrogens is 348 g/mol. The molecule has 0 spiro atoms. The van der Waals surface area contributed by atoms with E-state index in [0.717, 1.165) is 17.0 Å². The normalized spacial score (nSPS) is 16.3. The van der Waals surface area contributed by atoms with Gasteiger partial charge in [-0.2, -0.15) is 4.31 Å². The van der Waals surface area contributed by atoms with Crippen molar-refractivity contribution in [1.82, 2.24) is 4.31 Å². The number of hydrogen-bond donors (Lipinski definition) is 1. The van der Waals surface area contributed by atoms with Crippen LogP contribution in [0.5, 0.6) is 0 Å². The van der Waals surface area contributed by atoms with Gasteiger partial charge in [0.05, 0.1) is 0 Å². The van der Waals surface area contributed by atoms with Crippen LogP contribution in [0.15, 0.2) is 40.6 Å². The fourth-order valence-electron chi connectivity index (χ4n) is 2.75. The first kappa shape index (κ1) is 16.9. The molecular formula is C16H18N2O4S2. The Bertz CT molecular complexity index is 838. The Kier molecular flexibility index (Phi) is 4.62. The van der Waals surface area contributed by atoms with Crippen molar-refractivity contribution < 1.29 is 18.3 Å². The minimum absolute atomic E-state index is 0.0801. The number of benzene rings is 1. The van der Waals surface area contributed by atoms with Gasteiger partial charge in [-0.05, 0) is 30.7 Å². The van der Waals surface area contributed by atoms with Crippen LogP contribution in [-0.4, -0.2) is 50.0 Å². The number of rotatable bonds is 4. The van der Waals surface area contributed by atoms with Crippen LogP contribution in [0.2, 0.25) is 0 Å². The van der Waals surface area contributed by atoms with Crippen molar-refractivity contribution in [3.05, 3.63) is 46.8 Å². The number of aryl methyl sites for hydroxylation is 1. The van der Waals surface area contributed by atoms with Gasteiger partial charge in [-0.15, -0.1) is 11.3 Å². The fourth-order valence-corrected chi connectivity index (χ4v) is 5.70. The second kappa shape index (κ2) is 6.54. The van der Waals surface area contributed by atoms with E-state index in [1.165, 1.54) is 10.4 Å². The number of carbonyl (C=O) groups is 1. The largest absolute Gasteiger partial charge is 0.477 e. The Hall–Kier alpha value is -1.90. The van der Waals surface area contributed by atoms with Crippen molar-refractivity contribution in [3.63, 3.8) is 0 Å². The maximum Gasteiger partial charge on any atom is 0.346 e. The third-order valence-electron chi connectivity index (χ3n) is 4.04.